The first-order chi connectivity index (χ1) is 12.2. The third kappa shape index (κ3) is 8.96. The van der Waals surface area contributed by atoms with Gasteiger partial charge in [0.25, 0.3) is 0 Å². The van der Waals surface area contributed by atoms with E-state index >= 15 is 0 Å². The number of unbranched alkanes of at least 4 members (excludes halogenated alkanes) is 1. The molecule has 1 aliphatic rings. The minimum atomic E-state index is 0. The lowest BCUT2D eigenvalue weighted by Crippen LogP contribution is -2.39. The van der Waals surface area contributed by atoms with E-state index in [4.69, 9.17) is 4.74 Å². The summed E-state index contributed by atoms with van der Waals surface area (Å²) in [4.78, 5) is 11.8. The van der Waals surface area contributed by atoms with Gasteiger partial charge in [0.1, 0.15) is 5.01 Å². The number of nitrogens with one attached hydrogen (secondary N) is 2. The van der Waals surface area contributed by atoms with E-state index in [1.54, 1.807) is 11.3 Å². The Balaban J connectivity index is 0.00000338. The summed E-state index contributed by atoms with van der Waals surface area (Å²) in [5.74, 6) is 1.36. The molecule has 2 N–H and O–H groups in total. The number of thiazole rings is 1. The number of nitrogens with zero attached hydrogens (tertiary/aromatic N) is 3. The fraction of sp³-hybridized carbons (Fsp3) is 0.778. The molecule has 1 aromatic rings. The third-order valence-corrected chi connectivity index (χ3v) is 5.03. The Hall–Kier alpha value is -0.450. The largest absolute Gasteiger partial charge is 0.379 e. The predicted octanol–water partition coefficient (Wildman–Crippen LogP) is 3.05. The average Bonchev–Trinajstić information content (AvgIpc) is 3.09. The highest BCUT2D eigenvalue weighted by Gasteiger charge is 2.09. The molecule has 1 fully saturated rings. The Labute approximate surface area is 179 Å². The van der Waals surface area contributed by atoms with Crippen molar-refractivity contribution in [2.24, 2.45) is 4.99 Å². The van der Waals surface area contributed by atoms with Crippen LogP contribution in [0.15, 0.2) is 10.4 Å². The molecule has 1 saturated heterocycles. The number of halogens is 1. The van der Waals surface area contributed by atoms with Gasteiger partial charge in [0.15, 0.2) is 5.96 Å². The minimum absolute atomic E-state index is 0. The van der Waals surface area contributed by atoms with Gasteiger partial charge in [-0.3, -0.25) is 4.90 Å². The van der Waals surface area contributed by atoms with E-state index in [-0.39, 0.29) is 24.0 Å². The van der Waals surface area contributed by atoms with Gasteiger partial charge in [0.05, 0.1) is 25.5 Å². The number of aliphatic imine (C=N–C) groups is 1. The summed E-state index contributed by atoms with van der Waals surface area (Å²) in [6.45, 7) is 14.0. The zero-order valence-corrected chi connectivity index (χ0v) is 19.4. The van der Waals surface area contributed by atoms with E-state index in [0.29, 0.717) is 12.5 Å². The van der Waals surface area contributed by atoms with Crippen LogP contribution in [0.5, 0.6) is 0 Å². The number of hydrogen-bond acceptors (Lipinski definition) is 5. The molecule has 0 radical (unpaired) electrons. The van der Waals surface area contributed by atoms with Gasteiger partial charge in [0, 0.05) is 31.6 Å². The highest BCUT2D eigenvalue weighted by Crippen LogP contribution is 2.18. The predicted molar refractivity (Wildman–Crippen MR) is 121 cm³/mol. The van der Waals surface area contributed by atoms with Crippen LogP contribution in [0.1, 0.15) is 50.2 Å². The van der Waals surface area contributed by atoms with Crippen LogP contribution in [0.2, 0.25) is 0 Å². The Bertz CT molecular complexity index is 517. The lowest BCUT2D eigenvalue weighted by molar-refractivity contribution is 0.0372. The zero-order valence-electron chi connectivity index (χ0n) is 16.3. The molecule has 0 aromatic carbocycles. The van der Waals surface area contributed by atoms with Gasteiger partial charge >= 0.3 is 0 Å². The minimum Gasteiger partial charge on any atom is -0.379 e. The second kappa shape index (κ2) is 13.7. The fourth-order valence-corrected chi connectivity index (χ4v) is 3.52. The lowest BCUT2D eigenvalue weighted by atomic mass is 10.2. The van der Waals surface area contributed by atoms with Crippen LogP contribution in [0.4, 0.5) is 0 Å². The van der Waals surface area contributed by atoms with Crippen LogP contribution in [-0.4, -0.2) is 61.8 Å². The maximum Gasteiger partial charge on any atom is 0.191 e. The van der Waals surface area contributed by atoms with E-state index in [2.05, 4.69) is 51.7 Å². The van der Waals surface area contributed by atoms with Gasteiger partial charge in [-0.25, -0.2) is 9.98 Å². The van der Waals surface area contributed by atoms with Gasteiger partial charge in [-0.05, 0) is 32.2 Å². The molecule has 1 aromatic heterocycles. The summed E-state index contributed by atoms with van der Waals surface area (Å²) in [5.41, 5.74) is 1.16. The van der Waals surface area contributed by atoms with E-state index in [1.165, 1.54) is 6.42 Å². The summed E-state index contributed by atoms with van der Waals surface area (Å²) >= 11 is 1.70. The number of ether oxygens (including phenoxy) is 1. The molecular formula is C18H34IN5OS. The molecule has 150 valence electrons. The van der Waals surface area contributed by atoms with Crippen LogP contribution in [0.25, 0.3) is 0 Å². The van der Waals surface area contributed by atoms with Gasteiger partial charge < -0.3 is 15.4 Å². The Kier molecular flexibility index (Phi) is 12.4. The molecule has 0 spiro atoms. The van der Waals surface area contributed by atoms with Crippen molar-refractivity contribution in [3.8, 4) is 0 Å². The highest BCUT2D eigenvalue weighted by atomic mass is 127. The number of morpholine rings is 1. The summed E-state index contributed by atoms with van der Waals surface area (Å²) in [5, 5.41) is 9.96. The summed E-state index contributed by atoms with van der Waals surface area (Å²) < 4.78 is 5.38. The van der Waals surface area contributed by atoms with Gasteiger partial charge in [-0.1, -0.05) is 13.8 Å². The molecule has 0 amide bonds. The lowest BCUT2D eigenvalue weighted by Gasteiger charge is -2.26. The van der Waals surface area contributed by atoms with Crippen LogP contribution in [0.3, 0.4) is 0 Å². The van der Waals surface area contributed by atoms with Crippen LogP contribution in [0, 0.1) is 0 Å². The second-order valence-electron chi connectivity index (χ2n) is 6.60. The van der Waals surface area contributed by atoms with E-state index in [9.17, 15) is 0 Å². The molecule has 2 heterocycles. The van der Waals surface area contributed by atoms with Crippen LogP contribution >= 0.6 is 35.3 Å². The molecule has 0 atom stereocenters. The van der Waals surface area contributed by atoms with Crippen molar-refractivity contribution in [3.63, 3.8) is 0 Å². The van der Waals surface area contributed by atoms with E-state index in [1.807, 2.05) is 0 Å². The standard InChI is InChI=1S/C18H33N5OS.HI/c1-4-19-18(21-13-17-22-16(14-25-17)15(2)3)20-7-5-6-8-23-9-11-24-12-10-23;/h14-15H,4-13H2,1-3H3,(H2,19,20,21);1H. The van der Waals surface area contributed by atoms with Crippen molar-refractivity contribution in [1.29, 1.82) is 0 Å². The number of guanidine groups is 1. The zero-order chi connectivity index (χ0) is 17.9. The Morgan fingerprint density at radius 2 is 2.08 bits per heavy atom. The molecule has 8 heteroatoms. The van der Waals surface area contributed by atoms with Gasteiger partial charge in [-0.2, -0.15) is 0 Å². The molecule has 2 rings (SSSR count). The maximum atomic E-state index is 5.38. The highest BCUT2D eigenvalue weighted by molar-refractivity contribution is 14.0. The first-order valence-electron chi connectivity index (χ1n) is 9.45. The molecule has 0 unspecified atom stereocenters. The SMILES string of the molecule is CCNC(=NCc1nc(C(C)C)cs1)NCCCCN1CCOCC1.I. The molecule has 0 saturated carbocycles. The number of aromatic nitrogens is 1. The molecule has 0 bridgehead atoms. The Morgan fingerprint density at radius 3 is 2.73 bits per heavy atom. The van der Waals surface area contributed by atoms with Crippen LogP contribution < -0.4 is 10.6 Å². The summed E-state index contributed by atoms with van der Waals surface area (Å²) in [7, 11) is 0. The molecule has 6 nitrogen and oxygen atoms in total. The van der Waals surface area contributed by atoms with Crippen molar-refractivity contribution in [2.75, 3.05) is 45.9 Å². The van der Waals surface area contributed by atoms with Crippen LogP contribution in [-0.2, 0) is 11.3 Å². The fourth-order valence-electron chi connectivity index (χ4n) is 2.64. The quantitative estimate of drug-likeness (QED) is 0.239. The average molecular weight is 495 g/mol. The monoisotopic (exact) mass is 495 g/mol. The second-order valence-corrected chi connectivity index (χ2v) is 7.55. The molecule has 0 aliphatic carbocycles. The third-order valence-electron chi connectivity index (χ3n) is 4.17. The smallest absolute Gasteiger partial charge is 0.191 e. The summed E-state index contributed by atoms with van der Waals surface area (Å²) in [6, 6.07) is 0. The molecular weight excluding hydrogens is 461 g/mol. The first-order valence-corrected chi connectivity index (χ1v) is 10.3. The normalized spacial score (nSPS) is 15.8. The number of hydrogen-bond donors (Lipinski definition) is 2. The van der Waals surface area contributed by atoms with Crippen molar-refractivity contribution in [2.45, 2.75) is 46.1 Å². The van der Waals surface area contributed by atoms with Crippen molar-refractivity contribution in [3.05, 3.63) is 16.1 Å². The Morgan fingerprint density at radius 1 is 1.31 bits per heavy atom. The maximum absolute atomic E-state index is 5.38. The first kappa shape index (κ1) is 23.6. The number of rotatable bonds is 9. The van der Waals surface area contributed by atoms with E-state index in [0.717, 1.165) is 69.0 Å². The topological polar surface area (TPSA) is 61.8 Å². The van der Waals surface area contributed by atoms with Crippen molar-refractivity contribution >= 4 is 41.3 Å². The van der Waals surface area contributed by atoms with Gasteiger partial charge in [0.2, 0.25) is 0 Å². The van der Waals surface area contributed by atoms with E-state index < -0.39 is 0 Å². The van der Waals surface area contributed by atoms with Crippen molar-refractivity contribution < 1.29 is 4.74 Å². The molecule has 1 aliphatic heterocycles. The summed E-state index contributed by atoms with van der Waals surface area (Å²) in [6.07, 6.45) is 2.35. The van der Waals surface area contributed by atoms with Gasteiger partial charge in [-0.15, -0.1) is 35.3 Å². The molecule has 26 heavy (non-hydrogen) atoms. The van der Waals surface area contributed by atoms with Crippen molar-refractivity contribution in [1.82, 2.24) is 20.5 Å².